The molecule has 3 unspecified atom stereocenters. The highest BCUT2D eigenvalue weighted by Crippen LogP contribution is 2.54. The number of ketones is 2. The molecule has 13 nitrogen and oxygen atoms in total. The number of oxime groups is 1. The summed E-state index contributed by atoms with van der Waals surface area (Å²) in [4.78, 5) is 48.0. The minimum Gasteiger partial charge on any atom is -0.508 e. The van der Waals surface area contributed by atoms with Crippen LogP contribution in [0, 0.1) is 17.8 Å². The van der Waals surface area contributed by atoms with E-state index >= 15 is 0 Å². The number of phenolic OH excluding ortho intramolecular Hbond substituents is 1. The Kier molecular flexibility index (Phi) is 7.16. The van der Waals surface area contributed by atoms with Gasteiger partial charge in [0, 0.05) is 37.3 Å². The van der Waals surface area contributed by atoms with Crippen LogP contribution in [0.4, 0.5) is 5.69 Å². The number of rotatable bonds is 6. The number of hydrogen-bond acceptors (Lipinski definition) is 12. The molecule has 1 aromatic carbocycles. The van der Waals surface area contributed by atoms with Gasteiger partial charge in [-0.3, -0.25) is 14.4 Å². The highest BCUT2D eigenvalue weighted by molar-refractivity contribution is 6.17. The number of aliphatic hydroxyl groups excluding tert-OH is 2. The van der Waals surface area contributed by atoms with E-state index in [-0.39, 0.29) is 35.3 Å². The molecule has 5 rings (SSSR count). The number of carbonyl (C=O) groups excluding carboxylic acids is 3. The summed E-state index contributed by atoms with van der Waals surface area (Å²) in [7, 11) is 8.17. The number of nitrogens with two attached hydrogens (primary N) is 1. The van der Waals surface area contributed by atoms with Crippen LogP contribution in [0.2, 0.25) is 0 Å². The third kappa shape index (κ3) is 4.10. The lowest BCUT2D eigenvalue weighted by molar-refractivity contribution is -0.178. The molecular formula is C29H34N4O9. The number of primary amides is 1. The predicted molar refractivity (Wildman–Crippen MR) is 150 cm³/mol. The lowest BCUT2D eigenvalue weighted by Gasteiger charge is -2.53. The molecule has 1 saturated carbocycles. The molecule has 1 heterocycles. The first-order valence-corrected chi connectivity index (χ1v) is 13.4. The number of nitrogens with zero attached hydrogens (tertiary/aromatic N) is 3. The molecule has 6 N–H and O–H groups in total. The van der Waals surface area contributed by atoms with Gasteiger partial charge < -0.3 is 45.2 Å². The van der Waals surface area contributed by atoms with Gasteiger partial charge in [0.1, 0.15) is 42.3 Å². The second-order valence-electron chi connectivity index (χ2n) is 11.4. The Morgan fingerprint density at radius 2 is 1.90 bits per heavy atom. The number of likely N-dealkylation sites (N-methyl/N-ethyl adjacent to an activating group) is 1. The molecule has 1 amide bonds. The van der Waals surface area contributed by atoms with Gasteiger partial charge in [-0.15, -0.1) is 0 Å². The molecule has 1 aromatic heterocycles. The fourth-order valence-corrected chi connectivity index (χ4v) is 6.91. The molecule has 3 aliphatic carbocycles. The maximum absolute atomic E-state index is 14.2. The molecule has 0 aliphatic heterocycles. The van der Waals surface area contributed by atoms with Gasteiger partial charge in [-0.1, -0.05) is 5.16 Å². The van der Waals surface area contributed by atoms with Gasteiger partial charge >= 0.3 is 0 Å². The summed E-state index contributed by atoms with van der Waals surface area (Å²) < 4.78 is 5.78. The molecule has 3 aliphatic rings. The second-order valence-corrected chi connectivity index (χ2v) is 11.4. The molecule has 2 aromatic rings. The van der Waals surface area contributed by atoms with Crippen LogP contribution in [0.15, 0.2) is 39.1 Å². The fraction of sp³-hybridized carbons (Fsp3) is 0.448. The Bertz CT molecular complexity index is 1540. The van der Waals surface area contributed by atoms with E-state index in [1.165, 1.54) is 13.3 Å². The smallest absolute Gasteiger partial charge is 0.230 e. The van der Waals surface area contributed by atoms with Crippen LogP contribution in [0.5, 0.6) is 5.75 Å². The Morgan fingerprint density at radius 3 is 2.50 bits per heavy atom. The normalized spacial score (nSPS) is 29.0. The van der Waals surface area contributed by atoms with E-state index < -0.39 is 64.5 Å². The Balaban J connectivity index is 1.71. The van der Waals surface area contributed by atoms with Crippen molar-refractivity contribution in [2.45, 2.75) is 30.6 Å². The zero-order valence-electron chi connectivity index (χ0n) is 23.9. The lowest BCUT2D eigenvalue weighted by Crippen LogP contribution is -2.71. The minimum atomic E-state index is -2.65. The third-order valence-electron chi connectivity index (χ3n) is 8.73. The van der Waals surface area contributed by atoms with Gasteiger partial charge in [-0.05, 0) is 56.6 Å². The van der Waals surface area contributed by atoms with Crippen molar-refractivity contribution in [3.63, 3.8) is 0 Å². The van der Waals surface area contributed by atoms with Gasteiger partial charge in [0.2, 0.25) is 5.91 Å². The summed E-state index contributed by atoms with van der Waals surface area (Å²) in [6.45, 7) is 0. The topological polar surface area (TPSA) is 199 Å². The summed E-state index contributed by atoms with van der Waals surface area (Å²) in [5.74, 6) is -7.33. The first kappa shape index (κ1) is 29.3. The van der Waals surface area contributed by atoms with Crippen LogP contribution in [0.3, 0.4) is 0 Å². The number of furan rings is 1. The second kappa shape index (κ2) is 10.3. The van der Waals surface area contributed by atoms with Crippen LogP contribution in [-0.4, -0.2) is 102 Å². The number of aliphatic hydroxyl groups is 3. The molecule has 0 spiro atoms. The molecule has 6 atom stereocenters. The maximum Gasteiger partial charge on any atom is 0.230 e. The number of anilines is 1. The van der Waals surface area contributed by atoms with Crippen molar-refractivity contribution in [3.05, 3.63) is 46.4 Å². The number of carbonyl (C=O) groups is 3. The largest absolute Gasteiger partial charge is 0.508 e. The Labute approximate surface area is 241 Å². The highest BCUT2D eigenvalue weighted by atomic mass is 16.6. The number of phenols is 1. The number of benzene rings is 1. The monoisotopic (exact) mass is 582 g/mol. The average Bonchev–Trinajstić information content (AvgIpc) is 3.37. The molecule has 0 bridgehead atoms. The van der Waals surface area contributed by atoms with Crippen molar-refractivity contribution in [3.8, 4) is 17.1 Å². The summed E-state index contributed by atoms with van der Waals surface area (Å²) in [6.07, 6.45) is 0.0186. The number of fused-ring (bicyclic) bond motifs is 3. The third-order valence-corrected chi connectivity index (χ3v) is 8.73. The van der Waals surface area contributed by atoms with Gasteiger partial charge in [0.15, 0.2) is 17.2 Å². The van der Waals surface area contributed by atoms with Crippen molar-refractivity contribution in [1.29, 1.82) is 0 Å². The van der Waals surface area contributed by atoms with E-state index in [0.717, 1.165) is 0 Å². The molecule has 224 valence electrons. The lowest BCUT2D eigenvalue weighted by atomic mass is 9.56. The zero-order chi connectivity index (χ0) is 30.8. The van der Waals surface area contributed by atoms with Crippen LogP contribution in [0.25, 0.3) is 11.3 Å². The van der Waals surface area contributed by atoms with Crippen LogP contribution in [-0.2, 0) is 20.8 Å². The van der Waals surface area contributed by atoms with E-state index in [4.69, 9.17) is 10.2 Å². The van der Waals surface area contributed by atoms with Gasteiger partial charge in [-0.2, -0.15) is 0 Å². The van der Waals surface area contributed by atoms with Crippen LogP contribution < -0.4 is 10.6 Å². The number of amides is 1. The molecule has 1 fully saturated rings. The first-order chi connectivity index (χ1) is 19.7. The van der Waals surface area contributed by atoms with Crippen molar-refractivity contribution in [1.82, 2.24) is 4.90 Å². The zero-order valence-corrected chi connectivity index (χ0v) is 23.9. The van der Waals surface area contributed by atoms with Crippen molar-refractivity contribution >= 4 is 29.4 Å². The van der Waals surface area contributed by atoms with E-state index in [1.54, 1.807) is 56.2 Å². The SMILES string of the molecule is CO/N=C/c1ccc(-c2cc(N(C)C)c3c(c2O)C(=O)C2=C(O)[C@]4(O)C(=O)C(C(N)=O)C(O)C(N(C)C)[C@@H]4C[C@@H]2C3)o1. The van der Waals surface area contributed by atoms with Gasteiger partial charge in [0.25, 0.3) is 0 Å². The summed E-state index contributed by atoms with van der Waals surface area (Å²) in [6, 6.07) is 3.95. The number of allylic oxidation sites excluding steroid dienone is 1. The van der Waals surface area contributed by atoms with E-state index in [2.05, 4.69) is 9.99 Å². The van der Waals surface area contributed by atoms with Crippen molar-refractivity contribution < 1.29 is 44.1 Å². The minimum absolute atomic E-state index is 0.0357. The number of hydrogen-bond donors (Lipinski definition) is 5. The molecular weight excluding hydrogens is 548 g/mol. The summed E-state index contributed by atoms with van der Waals surface area (Å²) in [5, 5.41) is 49.5. The molecule has 13 heteroatoms. The summed E-state index contributed by atoms with van der Waals surface area (Å²) in [5.41, 5.74) is 3.81. The predicted octanol–water partition coefficient (Wildman–Crippen LogP) is 0.592. The van der Waals surface area contributed by atoms with E-state index in [1.807, 2.05) is 0 Å². The number of Topliss-reactive ketones (excluding diaryl/α,β-unsaturated/α-hetero) is 2. The van der Waals surface area contributed by atoms with E-state index in [9.17, 15) is 34.8 Å². The molecule has 42 heavy (non-hydrogen) atoms. The average molecular weight is 583 g/mol. The van der Waals surface area contributed by atoms with Gasteiger partial charge in [0.05, 0.1) is 17.2 Å². The fourth-order valence-electron chi connectivity index (χ4n) is 6.91. The van der Waals surface area contributed by atoms with Gasteiger partial charge in [-0.25, -0.2) is 0 Å². The molecule has 0 radical (unpaired) electrons. The quantitative estimate of drug-likeness (QED) is 0.181. The standard InChI is InChI=1S/C29H34N4O9/c1-32(2)17-10-15(18-7-6-13(42-18)11-31-41-5)23(34)20-14(17)8-12-9-16-22(33(3)4)25(36)21(28(30)39)27(38)29(16,40)26(37)19(12)24(20)35/h6-7,10-12,16,21-22,25,34,36-37,40H,8-9H2,1-5H3,(H2,30,39)/b31-11+/t12-,16-,21?,22?,25?,29-/m0/s1. The van der Waals surface area contributed by atoms with Crippen molar-refractivity contribution in [2.24, 2.45) is 28.6 Å². The Morgan fingerprint density at radius 1 is 1.21 bits per heavy atom. The summed E-state index contributed by atoms with van der Waals surface area (Å²) >= 11 is 0. The number of aromatic hydroxyl groups is 1. The van der Waals surface area contributed by atoms with Crippen LogP contribution in [0.1, 0.15) is 28.1 Å². The Hall–Kier alpha value is -4.20. The van der Waals surface area contributed by atoms with E-state index in [0.29, 0.717) is 17.0 Å². The first-order valence-electron chi connectivity index (χ1n) is 13.4. The van der Waals surface area contributed by atoms with Crippen molar-refractivity contribution in [2.75, 3.05) is 40.2 Å². The molecule has 0 saturated heterocycles. The highest BCUT2D eigenvalue weighted by Gasteiger charge is 2.66. The van der Waals surface area contributed by atoms with Crippen LogP contribution >= 0.6 is 0 Å². The maximum atomic E-state index is 14.2.